The van der Waals surface area contributed by atoms with E-state index in [-0.39, 0.29) is 23.7 Å². The lowest BCUT2D eigenvalue weighted by Crippen LogP contribution is -2.45. The molecular formula is C16H16N4O4. The van der Waals surface area contributed by atoms with Crippen molar-refractivity contribution in [3.8, 4) is 0 Å². The van der Waals surface area contributed by atoms with Crippen LogP contribution in [0.4, 0.5) is 10.5 Å². The number of nitrogens with zero attached hydrogens (tertiary/aromatic N) is 3. The van der Waals surface area contributed by atoms with Crippen molar-refractivity contribution in [2.75, 3.05) is 13.6 Å². The number of likely N-dealkylation sites (N-methyl/N-ethyl adjacent to an activating group) is 1. The highest BCUT2D eigenvalue weighted by Crippen LogP contribution is 2.40. The monoisotopic (exact) mass is 328 g/mol. The molecule has 0 saturated heterocycles. The van der Waals surface area contributed by atoms with Gasteiger partial charge in [0.2, 0.25) is 0 Å². The molecule has 1 aromatic carbocycles. The van der Waals surface area contributed by atoms with Crippen molar-refractivity contribution >= 4 is 17.6 Å². The van der Waals surface area contributed by atoms with Gasteiger partial charge in [-0.2, -0.15) is 0 Å². The maximum absolute atomic E-state index is 12.8. The summed E-state index contributed by atoms with van der Waals surface area (Å²) in [7, 11) is 1.64. The topological polar surface area (TPSA) is 95.8 Å². The number of urea groups is 1. The summed E-state index contributed by atoms with van der Waals surface area (Å²) in [6.45, 7) is 0.425. The molecule has 124 valence electrons. The molecule has 0 spiro atoms. The molecule has 4 rings (SSSR count). The summed E-state index contributed by atoms with van der Waals surface area (Å²) < 4.78 is 0. The average Bonchev–Trinajstić information content (AvgIpc) is 3.35. The summed E-state index contributed by atoms with van der Waals surface area (Å²) in [6.07, 6.45) is 1.97. The number of hydrogen-bond donors (Lipinski definition) is 1. The number of hydrogen-bond acceptors (Lipinski definition) is 4. The van der Waals surface area contributed by atoms with Crippen molar-refractivity contribution in [3.63, 3.8) is 0 Å². The van der Waals surface area contributed by atoms with E-state index < -0.39 is 11.0 Å². The fourth-order valence-corrected chi connectivity index (χ4v) is 3.34. The molecular weight excluding hydrogens is 312 g/mol. The largest absolute Gasteiger partial charge is 0.330 e. The summed E-state index contributed by atoms with van der Waals surface area (Å²) in [4.78, 5) is 38.9. The number of nitro groups is 1. The van der Waals surface area contributed by atoms with Gasteiger partial charge in [-0.1, -0.05) is 12.1 Å². The van der Waals surface area contributed by atoms with E-state index in [0.717, 1.165) is 12.8 Å². The quantitative estimate of drug-likeness (QED) is 0.672. The molecule has 24 heavy (non-hydrogen) atoms. The fourth-order valence-electron chi connectivity index (χ4n) is 3.34. The Bertz CT molecular complexity index is 799. The van der Waals surface area contributed by atoms with Crippen LogP contribution in [0, 0.1) is 10.1 Å². The molecule has 1 aromatic rings. The first-order chi connectivity index (χ1) is 11.5. The second-order valence-electron chi connectivity index (χ2n) is 6.32. The van der Waals surface area contributed by atoms with Crippen molar-refractivity contribution in [2.45, 2.75) is 24.9 Å². The molecule has 0 unspecified atom stereocenters. The molecule has 8 nitrogen and oxygen atoms in total. The average molecular weight is 328 g/mol. The van der Waals surface area contributed by atoms with E-state index in [9.17, 15) is 19.7 Å². The SMILES string of the molecule is CN1C(=O)N[C@H](c2cccc([N+](=O)[O-])c2)C2=C1CN(C1CC1)C2=O. The maximum atomic E-state index is 12.8. The highest BCUT2D eigenvalue weighted by Gasteiger charge is 2.47. The Hall–Kier alpha value is -2.90. The zero-order chi connectivity index (χ0) is 17.0. The standard InChI is InChI=1S/C16H16N4O4/c1-18-12-8-19(10-5-6-10)15(21)13(12)14(17-16(18)22)9-3-2-4-11(7-9)20(23)24/h2-4,7,10,14H,5-6,8H2,1H3,(H,17,22)/t14-/m1/s1. The minimum atomic E-state index is -0.653. The third kappa shape index (κ3) is 2.14. The molecule has 1 fully saturated rings. The third-order valence-electron chi connectivity index (χ3n) is 4.79. The number of carbonyl (C=O) groups excluding carboxylic acids is 2. The van der Waals surface area contributed by atoms with Crippen LogP contribution in [0.25, 0.3) is 0 Å². The lowest BCUT2D eigenvalue weighted by atomic mass is 9.95. The van der Waals surface area contributed by atoms with Crippen LogP contribution >= 0.6 is 0 Å². The van der Waals surface area contributed by atoms with Gasteiger partial charge >= 0.3 is 6.03 Å². The van der Waals surface area contributed by atoms with Gasteiger partial charge in [-0.3, -0.25) is 19.8 Å². The molecule has 0 aromatic heterocycles. The summed E-state index contributed by atoms with van der Waals surface area (Å²) in [5.41, 5.74) is 1.69. The highest BCUT2D eigenvalue weighted by atomic mass is 16.6. The van der Waals surface area contributed by atoms with Crippen molar-refractivity contribution in [1.29, 1.82) is 0 Å². The second-order valence-corrected chi connectivity index (χ2v) is 6.32. The number of benzene rings is 1. The molecule has 0 bridgehead atoms. The summed E-state index contributed by atoms with van der Waals surface area (Å²) in [6, 6.07) is 5.35. The molecule has 1 aliphatic carbocycles. The number of carbonyl (C=O) groups is 2. The Kier molecular flexibility index (Phi) is 3.09. The molecule has 1 atom stereocenters. The second kappa shape index (κ2) is 5.05. The van der Waals surface area contributed by atoms with E-state index >= 15 is 0 Å². The Labute approximate surface area is 137 Å². The van der Waals surface area contributed by atoms with Gasteiger partial charge in [0, 0.05) is 25.2 Å². The first kappa shape index (κ1) is 14.7. The van der Waals surface area contributed by atoms with Gasteiger partial charge in [-0.05, 0) is 18.4 Å². The number of non-ortho nitro benzene ring substituents is 1. The van der Waals surface area contributed by atoms with Gasteiger partial charge in [0.1, 0.15) is 0 Å². The van der Waals surface area contributed by atoms with Crippen molar-refractivity contribution in [1.82, 2.24) is 15.1 Å². The molecule has 3 aliphatic rings. The van der Waals surface area contributed by atoms with E-state index in [1.165, 1.54) is 17.0 Å². The van der Waals surface area contributed by atoms with E-state index in [1.807, 2.05) is 0 Å². The van der Waals surface area contributed by atoms with Crippen LogP contribution < -0.4 is 5.32 Å². The van der Waals surface area contributed by atoms with Crippen LogP contribution in [0.15, 0.2) is 35.5 Å². The van der Waals surface area contributed by atoms with Crippen LogP contribution in [0.1, 0.15) is 24.4 Å². The van der Waals surface area contributed by atoms with E-state index in [0.29, 0.717) is 23.4 Å². The van der Waals surface area contributed by atoms with Gasteiger partial charge in [0.15, 0.2) is 0 Å². The number of amides is 3. The molecule has 2 heterocycles. The van der Waals surface area contributed by atoms with Gasteiger partial charge < -0.3 is 10.2 Å². The smallest absolute Gasteiger partial charge is 0.322 e. The summed E-state index contributed by atoms with van der Waals surface area (Å²) in [5.74, 6) is -0.0872. The summed E-state index contributed by atoms with van der Waals surface area (Å²) in [5, 5.41) is 13.8. The lowest BCUT2D eigenvalue weighted by molar-refractivity contribution is -0.384. The number of nitrogens with one attached hydrogen (secondary N) is 1. The van der Waals surface area contributed by atoms with E-state index in [4.69, 9.17) is 0 Å². The molecule has 3 amide bonds. The van der Waals surface area contributed by atoms with Crippen LogP contribution in [-0.4, -0.2) is 46.3 Å². The Morgan fingerprint density at radius 1 is 1.29 bits per heavy atom. The zero-order valence-electron chi connectivity index (χ0n) is 13.1. The molecule has 1 N–H and O–H groups in total. The first-order valence-corrected chi connectivity index (χ1v) is 7.80. The van der Waals surface area contributed by atoms with Crippen LogP contribution in [0.3, 0.4) is 0 Å². The van der Waals surface area contributed by atoms with Crippen LogP contribution in [0.2, 0.25) is 0 Å². The number of rotatable bonds is 3. The van der Waals surface area contributed by atoms with Gasteiger partial charge in [-0.15, -0.1) is 0 Å². The van der Waals surface area contributed by atoms with E-state index in [2.05, 4.69) is 5.32 Å². The zero-order valence-corrected chi connectivity index (χ0v) is 13.1. The van der Waals surface area contributed by atoms with Gasteiger partial charge in [0.05, 0.1) is 28.8 Å². The van der Waals surface area contributed by atoms with E-state index in [1.54, 1.807) is 24.1 Å². The molecule has 2 aliphatic heterocycles. The van der Waals surface area contributed by atoms with Gasteiger partial charge in [-0.25, -0.2) is 4.79 Å². The Balaban J connectivity index is 1.77. The summed E-state index contributed by atoms with van der Waals surface area (Å²) >= 11 is 0. The number of nitro benzene ring substituents is 1. The minimum absolute atomic E-state index is 0.0627. The van der Waals surface area contributed by atoms with Crippen LogP contribution in [0.5, 0.6) is 0 Å². The van der Waals surface area contributed by atoms with Gasteiger partial charge in [0.25, 0.3) is 11.6 Å². The van der Waals surface area contributed by atoms with Crippen molar-refractivity contribution < 1.29 is 14.5 Å². The predicted molar refractivity (Wildman–Crippen MR) is 83.9 cm³/mol. The fraction of sp³-hybridized carbons (Fsp3) is 0.375. The van der Waals surface area contributed by atoms with Crippen molar-refractivity contribution in [3.05, 3.63) is 51.2 Å². The normalized spacial score (nSPS) is 23.5. The maximum Gasteiger partial charge on any atom is 0.322 e. The molecule has 8 heteroatoms. The first-order valence-electron chi connectivity index (χ1n) is 7.80. The van der Waals surface area contributed by atoms with Crippen molar-refractivity contribution in [2.24, 2.45) is 0 Å². The predicted octanol–water partition coefficient (Wildman–Crippen LogP) is 1.55. The molecule has 1 saturated carbocycles. The Morgan fingerprint density at radius 2 is 2.04 bits per heavy atom. The van der Waals surface area contributed by atoms with Crippen LogP contribution in [-0.2, 0) is 4.79 Å². The minimum Gasteiger partial charge on any atom is -0.330 e. The highest BCUT2D eigenvalue weighted by molar-refractivity contribution is 6.01. The lowest BCUT2D eigenvalue weighted by Gasteiger charge is -2.31. The molecule has 0 radical (unpaired) electrons. The Morgan fingerprint density at radius 3 is 2.71 bits per heavy atom. The third-order valence-corrected chi connectivity index (χ3v) is 4.79.